The van der Waals surface area contributed by atoms with E-state index in [0.717, 1.165) is 57.4 Å². The number of anilines is 3. The highest BCUT2D eigenvalue weighted by Crippen LogP contribution is 2.40. The van der Waals surface area contributed by atoms with Crippen molar-refractivity contribution in [2.75, 3.05) is 41.3 Å². The Kier molecular flexibility index (Phi) is 6.28. The third kappa shape index (κ3) is 4.52. The van der Waals surface area contributed by atoms with E-state index in [1.165, 1.54) is 11.8 Å². The Hall–Kier alpha value is -3.68. The first-order chi connectivity index (χ1) is 16.9. The van der Waals surface area contributed by atoms with E-state index in [2.05, 4.69) is 10.2 Å². The van der Waals surface area contributed by atoms with Crippen LogP contribution in [-0.2, 0) is 9.59 Å². The zero-order valence-corrected chi connectivity index (χ0v) is 20.0. The van der Waals surface area contributed by atoms with Crippen molar-refractivity contribution in [3.8, 4) is 0 Å². The molecule has 3 aliphatic rings. The van der Waals surface area contributed by atoms with E-state index >= 15 is 0 Å². The van der Waals surface area contributed by atoms with Gasteiger partial charge < -0.3 is 15.1 Å². The smallest absolute Gasteiger partial charge is 0.253 e. The maximum absolute atomic E-state index is 13.6. The van der Waals surface area contributed by atoms with Gasteiger partial charge in [-0.25, -0.2) is 0 Å². The molecule has 0 unspecified atom stereocenters. The van der Waals surface area contributed by atoms with E-state index in [1.54, 1.807) is 30.3 Å². The zero-order valence-electron chi connectivity index (χ0n) is 20.0. The van der Waals surface area contributed by atoms with Gasteiger partial charge in [-0.2, -0.15) is 0 Å². The number of Topliss-reactive ketones (excluding diaryl/α,β-unsaturated/α-hetero) is 1. The van der Waals surface area contributed by atoms with Crippen LogP contribution in [0.3, 0.4) is 0 Å². The van der Waals surface area contributed by atoms with Crippen molar-refractivity contribution in [1.29, 1.82) is 0 Å². The minimum atomic E-state index is -0.356. The van der Waals surface area contributed by atoms with E-state index < -0.39 is 0 Å². The number of hydrogen-bond donors (Lipinski definition) is 1. The van der Waals surface area contributed by atoms with Crippen LogP contribution in [0.1, 0.15) is 59.7 Å². The summed E-state index contributed by atoms with van der Waals surface area (Å²) < 4.78 is 0. The molecule has 3 heterocycles. The monoisotopic (exact) mass is 474 g/mol. The molecule has 35 heavy (non-hydrogen) atoms. The minimum Gasteiger partial charge on any atom is -0.358 e. The molecule has 2 aromatic carbocycles. The van der Waals surface area contributed by atoms with E-state index in [9.17, 15) is 19.2 Å². The fourth-order valence-electron chi connectivity index (χ4n) is 5.32. The highest BCUT2D eigenvalue weighted by Gasteiger charge is 2.40. The Morgan fingerprint density at radius 3 is 2.46 bits per heavy atom. The molecule has 0 bridgehead atoms. The van der Waals surface area contributed by atoms with E-state index in [1.807, 2.05) is 17.0 Å². The Morgan fingerprint density at radius 2 is 1.69 bits per heavy atom. The summed E-state index contributed by atoms with van der Waals surface area (Å²) in [6, 6.07) is 12.0. The number of hydrogen-bond acceptors (Lipinski definition) is 5. The van der Waals surface area contributed by atoms with Crippen LogP contribution in [0.25, 0.3) is 0 Å². The van der Waals surface area contributed by atoms with Gasteiger partial charge in [0.1, 0.15) is 12.6 Å². The predicted octanol–water partition coefficient (Wildman–Crippen LogP) is 3.47. The van der Waals surface area contributed by atoms with Crippen LogP contribution in [-0.4, -0.2) is 60.6 Å². The van der Waals surface area contributed by atoms with Crippen molar-refractivity contribution in [3.05, 3.63) is 53.6 Å². The molecule has 8 heteroatoms. The summed E-state index contributed by atoms with van der Waals surface area (Å²) in [5.41, 5.74) is 3.03. The number of nitrogens with zero attached hydrogens (tertiary/aromatic N) is 3. The lowest BCUT2D eigenvalue weighted by atomic mass is 9.95. The number of benzene rings is 2. The van der Waals surface area contributed by atoms with Crippen molar-refractivity contribution in [2.24, 2.45) is 0 Å². The summed E-state index contributed by atoms with van der Waals surface area (Å²) in [6.07, 6.45) is 4.71. The first-order valence-electron chi connectivity index (χ1n) is 12.3. The number of nitrogens with one attached hydrogen (secondary N) is 1. The molecule has 0 radical (unpaired) electrons. The fraction of sp³-hybridized carbons (Fsp3) is 0.407. The SMILES string of the molecule is CC(=O)c1cccc(NC(=O)CN2C(=O)[C@H]3CCCCN3c3ccc(C(=O)N4CCCC4)cc32)c1. The maximum atomic E-state index is 13.6. The van der Waals surface area contributed by atoms with Gasteiger partial charge in [-0.05, 0) is 69.4 Å². The molecule has 3 aliphatic heterocycles. The zero-order chi connectivity index (χ0) is 24.5. The second kappa shape index (κ2) is 9.52. The number of ketones is 1. The lowest BCUT2D eigenvalue weighted by molar-refractivity contribution is -0.123. The number of likely N-dealkylation sites (tertiary alicyclic amines) is 1. The van der Waals surface area contributed by atoms with Crippen LogP contribution < -0.4 is 15.1 Å². The largest absolute Gasteiger partial charge is 0.358 e. The highest BCUT2D eigenvalue weighted by molar-refractivity contribution is 6.11. The molecular formula is C27H30N4O4. The van der Waals surface area contributed by atoms with E-state index in [0.29, 0.717) is 22.5 Å². The molecule has 2 aromatic rings. The van der Waals surface area contributed by atoms with Crippen LogP contribution in [0, 0.1) is 0 Å². The van der Waals surface area contributed by atoms with Gasteiger partial charge in [-0.15, -0.1) is 0 Å². The summed E-state index contributed by atoms with van der Waals surface area (Å²) in [5.74, 6) is -0.598. The van der Waals surface area contributed by atoms with Crippen molar-refractivity contribution in [1.82, 2.24) is 4.90 Å². The summed E-state index contributed by atoms with van der Waals surface area (Å²) in [4.78, 5) is 56.8. The number of amides is 3. The van der Waals surface area contributed by atoms with Gasteiger partial charge in [0.15, 0.2) is 5.78 Å². The molecule has 182 valence electrons. The van der Waals surface area contributed by atoms with Gasteiger partial charge in [-0.1, -0.05) is 12.1 Å². The van der Waals surface area contributed by atoms with Crippen LogP contribution in [0.2, 0.25) is 0 Å². The topological polar surface area (TPSA) is 90.0 Å². The number of piperidine rings is 1. The number of rotatable bonds is 5. The van der Waals surface area contributed by atoms with Gasteiger partial charge >= 0.3 is 0 Å². The third-order valence-corrected chi connectivity index (χ3v) is 7.12. The molecule has 2 fully saturated rings. The van der Waals surface area contributed by atoms with Gasteiger partial charge in [-0.3, -0.25) is 24.1 Å². The molecule has 1 N–H and O–H groups in total. The lowest BCUT2D eigenvalue weighted by Crippen LogP contribution is -2.56. The molecule has 0 aliphatic carbocycles. The number of fused-ring (bicyclic) bond motifs is 3. The van der Waals surface area contributed by atoms with Crippen LogP contribution in [0.15, 0.2) is 42.5 Å². The summed E-state index contributed by atoms with van der Waals surface area (Å²) in [6.45, 7) is 3.58. The predicted molar refractivity (Wildman–Crippen MR) is 134 cm³/mol. The molecule has 0 saturated carbocycles. The maximum Gasteiger partial charge on any atom is 0.253 e. The van der Waals surface area contributed by atoms with Crippen LogP contribution in [0.4, 0.5) is 17.1 Å². The highest BCUT2D eigenvalue weighted by atomic mass is 16.2. The summed E-state index contributed by atoms with van der Waals surface area (Å²) >= 11 is 0. The second-order valence-corrected chi connectivity index (χ2v) is 9.52. The molecule has 0 aromatic heterocycles. The Labute approximate surface area is 204 Å². The van der Waals surface area contributed by atoms with E-state index in [-0.39, 0.29) is 36.1 Å². The van der Waals surface area contributed by atoms with Gasteiger partial charge in [0, 0.05) is 36.4 Å². The third-order valence-electron chi connectivity index (χ3n) is 7.12. The molecule has 1 atom stereocenters. The first kappa shape index (κ1) is 23.1. The normalized spacial score (nSPS) is 19.3. The average Bonchev–Trinajstić information content (AvgIpc) is 3.41. The molecule has 2 saturated heterocycles. The van der Waals surface area contributed by atoms with Crippen molar-refractivity contribution >= 4 is 40.6 Å². The van der Waals surface area contributed by atoms with Gasteiger partial charge in [0.05, 0.1) is 11.4 Å². The Bertz CT molecular complexity index is 1190. The molecule has 3 amide bonds. The van der Waals surface area contributed by atoms with Gasteiger partial charge in [0.25, 0.3) is 5.91 Å². The van der Waals surface area contributed by atoms with E-state index in [4.69, 9.17) is 0 Å². The molecule has 8 nitrogen and oxygen atoms in total. The van der Waals surface area contributed by atoms with Crippen molar-refractivity contribution < 1.29 is 19.2 Å². The summed E-state index contributed by atoms with van der Waals surface area (Å²) in [5, 5.41) is 2.82. The molecule has 5 rings (SSSR count). The van der Waals surface area contributed by atoms with Crippen LogP contribution >= 0.6 is 0 Å². The van der Waals surface area contributed by atoms with Crippen molar-refractivity contribution in [3.63, 3.8) is 0 Å². The van der Waals surface area contributed by atoms with Gasteiger partial charge in [0.2, 0.25) is 11.8 Å². The number of carbonyl (C=O) groups is 4. The average molecular weight is 475 g/mol. The first-order valence-corrected chi connectivity index (χ1v) is 12.3. The Morgan fingerprint density at radius 1 is 0.914 bits per heavy atom. The van der Waals surface area contributed by atoms with Crippen molar-refractivity contribution in [2.45, 2.75) is 45.1 Å². The fourth-order valence-corrected chi connectivity index (χ4v) is 5.32. The number of carbonyl (C=O) groups excluding carboxylic acids is 4. The lowest BCUT2D eigenvalue weighted by Gasteiger charge is -2.45. The quantitative estimate of drug-likeness (QED) is 0.671. The molecular weight excluding hydrogens is 444 g/mol. The Balaban J connectivity index is 1.44. The second-order valence-electron chi connectivity index (χ2n) is 9.52. The summed E-state index contributed by atoms with van der Waals surface area (Å²) in [7, 11) is 0. The minimum absolute atomic E-state index is 0.0380. The van der Waals surface area contributed by atoms with Crippen LogP contribution in [0.5, 0.6) is 0 Å². The standard InChI is InChI=1S/C27H30N4O4/c1-18(32)19-7-6-8-21(15-19)28-25(33)17-31-24-16-20(26(34)29-12-4-5-13-29)10-11-22(24)30-14-3-2-9-23(30)27(31)35/h6-8,10-11,15-16,23H,2-5,9,12-14,17H2,1H3,(H,28,33)/t23-/m1/s1. The molecule has 0 spiro atoms.